The summed E-state index contributed by atoms with van der Waals surface area (Å²) < 4.78 is 0. The Morgan fingerprint density at radius 3 is 2.44 bits per heavy atom. The molecule has 1 saturated heterocycles. The van der Waals surface area contributed by atoms with Crippen LogP contribution in [0.25, 0.3) is 22.0 Å². The van der Waals surface area contributed by atoms with Crippen molar-refractivity contribution in [3.63, 3.8) is 0 Å². The maximum atomic E-state index is 6.01. The molecule has 2 heterocycles. The predicted octanol–water partition coefficient (Wildman–Crippen LogP) is 5.61. The van der Waals surface area contributed by atoms with E-state index in [0.29, 0.717) is 0 Å². The van der Waals surface area contributed by atoms with E-state index in [0.717, 1.165) is 46.5 Å². The molecule has 25 heavy (non-hydrogen) atoms. The van der Waals surface area contributed by atoms with Gasteiger partial charge in [-0.15, -0.1) is 22.6 Å². The fraction of sp³-hybridized carbons (Fsp3) is 0.300. The lowest BCUT2D eigenvalue weighted by Crippen LogP contribution is -2.21. The largest absolute Gasteiger partial charge is 0.354 e. The van der Waals surface area contributed by atoms with Gasteiger partial charge in [-0.1, -0.05) is 61.3 Å². The molecule has 0 radical (unpaired) electrons. The van der Waals surface area contributed by atoms with Crippen LogP contribution in [0.15, 0.2) is 48.5 Å². The van der Waals surface area contributed by atoms with Crippen molar-refractivity contribution in [2.24, 2.45) is 5.92 Å². The third kappa shape index (κ3) is 3.44. The van der Waals surface area contributed by atoms with Crippen molar-refractivity contribution in [3.8, 4) is 11.3 Å². The number of hydrogen-bond acceptors (Lipinski definition) is 3. The maximum Gasteiger partial charge on any atom is 0.159 e. The highest BCUT2D eigenvalue weighted by Gasteiger charge is 2.24. The first-order valence-corrected chi connectivity index (χ1v) is 8.90. The van der Waals surface area contributed by atoms with E-state index in [4.69, 9.17) is 11.6 Å². The lowest BCUT2D eigenvalue weighted by Gasteiger charge is -2.19. The summed E-state index contributed by atoms with van der Waals surface area (Å²) in [6, 6.07) is 16.2. The minimum absolute atomic E-state index is 0. The van der Waals surface area contributed by atoms with Crippen molar-refractivity contribution in [1.29, 1.82) is 0 Å². The van der Waals surface area contributed by atoms with Gasteiger partial charge >= 0.3 is 0 Å². The van der Waals surface area contributed by atoms with E-state index in [1.165, 1.54) is 18.2 Å². The molecule has 0 spiro atoms. The molecule has 1 aliphatic heterocycles. The zero-order valence-electron chi connectivity index (χ0n) is 14.2. The fourth-order valence-electron chi connectivity index (χ4n) is 3.50. The molecule has 1 unspecified atom stereocenters. The molecule has 0 bridgehead atoms. The molecule has 0 saturated carbocycles. The van der Waals surface area contributed by atoms with Crippen LogP contribution >= 0.6 is 24.0 Å². The number of benzene rings is 2. The first-order valence-electron chi connectivity index (χ1n) is 8.52. The third-order valence-electron chi connectivity index (χ3n) is 4.95. The third-order valence-corrected chi connectivity index (χ3v) is 5.20. The lowest BCUT2D eigenvalue weighted by molar-refractivity contribution is 0.568. The minimum Gasteiger partial charge on any atom is -0.354 e. The summed E-state index contributed by atoms with van der Waals surface area (Å²) in [6.45, 7) is 4.41. The van der Waals surface area contributed by atoms with Crippen LogP contribution in [0.4, 0.5) is 5.82 Å². The van der Waals surface area contributed by atoms with Crippen molar-refractivity contribution in [3.05, 3.63) is 53.6 Å². The van der Waals surface area contributed by atoms with E-state index in [1.54, 1.807) is 0 Å². The van der Waals surface area contributed by atoms with E-state index >= 15 is 0 Å². The molecule has 3 aromatic rings. The average Bonchev–Trinajstić information content (AvgIpc) is 3.10. The summed E-state index contributed by atoms with van der Waals surface area (Å²) in [7, 11) is 0. The van der Waals surface area contributed by atoms with Crippen LogP contribution in [-0.4, -0.2) is 23.3 Å². The number of nitrogens with zero attached hydrogens (tertiary/aromatic N) is 3. The van der Waals surface area contributed by atoms with E-state index < -0.39 is 0 Å². The molecule has 4 rings (SSSR count). The van der Waals surface area contributed by atoms with Crippen LogP contribution in [0.3, 0.4) is 0 Å². The normalized spacial score (nSPS) is 16.9. The summed E-state index contributed by atoms with van der Waals surface area (Å²) >= 11 is 6.01. The average molecular weight is 374 g/mol. The van der Waals surface area contributed by atoms with Gasteiger partial charge in [0, 0.05) is 34.4 Å². The number of hydrogen-bond donors (Lipinski definition) is 0. The maximum absolute atomic E-state index is 6.01. The van der Waals surface area contributed by atoms with Gasteiger partial charge in [0.2, 0.25) is 0 Å². The first-order chi connectivity index (χ1) is 11.8. The highest BCUT2D eigenvalue weighted by molar-refractivity contribution is 6.30. The van der Waals surface area contributed by atoms with E-state index in [-0.39, 0.29) is 12.4 Å². The van der Waals surface area contributed by atoms with Crippen LogP contribution in [0, 0.1) is 5.92 Å². The van der Waals surface area contributed by atoms with Crippen LogP contribution in [0.5, 0.6) is 0 Å². The molecule has 0 amide bonds. The topological polar surface area (TPSA) is 29.0 Å². The monoisotopic (exact) mass is 373 g/mol. The number of halogens is 2. The molecule has 130 valence electrons. The highest BCUT2D eigenvalue weighted by Crippen LogP contribution is 2.34. The van der Waals surface area contributed by atoms with E-state index in [9.17, 15) is 0 Å². The number of anilines is 1. The zero-order valence-corrected chi connectivity index (χ0v) is 15.7. The van der Waals surface area contributed by atoms with Gasteiger partial charge in [-0.3, -0.25) is 0 Å². The Labute approximate surface area is 159 Å². The molecule has 1 atom stereocenters. The van der Waals surface area contributed by atoms with Gasteiger partial charge in [-0.05, 0) is 24.5 Å². The number of aromatic nitrogens is 2. The van der Waals surface area contributed by atoms with Crippen molar-refractivity contribution in [2.75, 3.05) is 18.0 Å². The second kappa shape index (κ2) is 7.59. The predicted molar refractivity (Wildman–Crippen MR) is 108 cm³/mol. The highest BCUT2D eigenvalue weighted by atomic mass is 35.5. The number of fused-ring (bicyclic) bond motifs is 1. The van der Waals surface area contributed by atoms with Gasteiger partial charge in [-0.25, -0.2) is 0 Å². The first kappa shape index (κ1) is 18.0. The fourth-order valence-corrected chi connectivity index (χ4v) is 3.63. The quantitative estimate of drug-likeness (QED) is 0.597. The molecule has 1 aromatic heterocycles. The SMILES string of the molecule is CCC1CCN(c2nnc(-c3ccc(Cl)cc3)c3ccccc23)C1.Cl. The Morgan fingerprint density at radius 2 is 1.76 bits per heavy atom. The summed E-state index contributed by atoms with van der Waals surface area (Å²) in [6.07, 6.45) is 2.47. The van der Waals surface area contributed by atoms with Crippen LogP contribution < -0.4 is 4.90 Å². The minimum atomic E-state index is 0. The van der Waals surface area contributed by atoms with Crippen LogP contribution in [0.2, 0.25) is 5.02 Å². The van der Waals surface area contributed by atoms with Crippen LogP contribution in [-0.2, 0) is 0 Å². The van der Waals surface area contributed by atoms with Gasteiger partial charge < -0.3 is 4.90 Å². The second-order valence-corrected chi connectivity index (χ2v) is 6.87. The molecule has 1 fully saturated rings. The molecule has 5 heteroatoms. The van der Waals surface area contributed by atoms with Crippen molar-refractivity contribution >= 4 is 40.6 Å². The smallest absolute Gasteiger partial charge is 0.159 e. The Hall–Kier alpha value is -1.84. The van der Waals surface area contributed by atoms with Crippen LogP contribution in [0.1, 0.15) is 19.8 Å². The van der Waals surface area contributed by atoms with Gasteiger partial charge in [0.25, 0.3) is 0 Å². The number of rotatable bonds is 3. The van der Waals surface area contributed by atoms with Gasteiger partial charge in [0.1, 0.15) is 5.69 Å². The molecule has 0 aliphatic carbocycles. The standard InChI is InChI=1S/C20H20ClN3.ClH/c1-2-14-11-12-24(13-14)20-18-6-4-3-5-17(18)19(22-23-20)15-7-9-16(21)10-8-15;/h3-10,14H,2,11-13H2,1H3;1H. The second-order valence-electron chi connectivity index (χ2n) is 6.43. The molecular formula is C20H21Cl2N3. The van der Waals surface area contributed by atoms with E-state index in [2.05, 4.69) is 46.3 Å². The van der Waals surface area contributed by atoms with Gasteiger partial charge in [0.15, 0.2) is 5.82 Å². The van der Waals surface area contributed by atoms with E-state index in [1.807, 2.05) is 24.3 Å². The Balaban J connectivity index is 0.00000182. The summed E-state index contributed by atoms with van der Waals surface area (Å²) in [5, 5.41) is 12.2. The molecule has 0 N–H and O–H groups in total. The van der Waals surface area contributed by atoms with Crippen molar-refractivity contribution in [1.82, 2.24) is 10.2 Å². The van der Waals surface area contributed by atoms with Crippen molar-refractivity contribution < 1.29 is 0 Å². The summed E-state index contributed by atoms with van der Waals surface area (Å²) in [5.74, 6) is 1.78. The molecule has 1 aliphatic rings. The summed E-state index contributed by atoms with van der Waals surface area (Å²) in [4.78, 5) is 2.38. The zero-order chi connectivity index (χ0) is 16.5. The Morgan fingerprint density at radius 1 is 1.04 bits per heavy atom. The van der Waals surface area contributed by atoms with Gasteiger partial charge in [-0.2, -0.15) is 0 Å². The summed E-state index contributed by atoms with van der Waals surface area (Å²) in [5.41, 5.74) is 1.96. The molecular weight excluding hydrogens is 353 g/mol. The Bertz CT molecular complexity index is 864. The molecule has 2 aromatic carbocycles. The van der Waals surface area contributed by atoms with Gasteiger partial charge in [0.05, 0.1) is 0 Å². The molecule has 3 nitrogen and oxygen atoms in total. The Kier molecular flexibility index (Phi) is 5.45. The van der Waals surface area contributed by atoms with Crippen molar-refractivity contribution in [2.45, 2.75) is 19.8 Å². The lowest BCUT2D eigenvalue weighted by atomic mass is 10.0.